The van der Waals surface area contributed by atoms with Crippen molar-refractivity contribution in [1.29, 1.82) is 0 Å². The fourth-order valence-corrected chi connectivity index (χ4v) is 2.44. The highest BCUT2D eigenvalue weighted by atomic mass is 16.4. The predicted octanol–water partition coefficient (Wildman–Crippen LogP) is -2.73. The van der Waals surface area contributed by atoms with E-state index in [2.05, 4.69) is 16.0 Å². The number of carboxylic acid groups (broad SMARTS) is 2. The number of carbonyl (C=O) groups excluding carboxylic acids is 4. The Labute approximate surface area is 172 Å². The first kappa shape index (κ1) is 26.8. The summed E-state index contributed by atoms with van der Waals surface area (Å²) in [5.41, 5.74) is 10.3. The van der Waals surface area contributed by atoms with Crippen LogP contribution in [-0.2, 0) is 28.8 Å². The van der Waals surface area contributed by atoms with Gasteiger partial charge in [0.25, 0.3) is 0 Å². The molecule has 0 aromatic carbocycles. The molecule has 30 heavy (non-hydrogen) atoms. The Morgan fingerprint density at radius 3 is 1.83 bits per heavy atom. The maximum Gasteiger partial charge on any atom is 0.326 e. The molecule has 3 atom stereocenters. The van der Waals surface area contributed by atoms with E-state index in [1.807, 2.05) is 0 Å². The lowest BCUT2D eigenvalue weighted by Gasteiger charge is -2.24. The molecule has 0 spiro atoms. The van der Waals surface area contributed by atoms with Crippen LogP contribution in [0.3, 0.4) is 0 Å². The van der Waals surface area contributed by atoms with Gasteiger partial charge < -0.3 is 37.6 Å². The summed E-state index contributed by atoms with van der Waals surface area (Å²) < 4.78 is 0. The van der Waals surface area contributed by atoms with Crippen molar-refractivity contribution in [3.05, 3.63) is 0 Å². The minimum atomic E-state index is -1.55. The second kappa shape index (κ2) is 13.1. The number of rotatable bonds is 14. The average Bonchev–Trinajstić information content (AvgIpc) is 2.62. The molecule has 0 bridgehead atoms. The van der Waals surface area contributed by atoms with Crippen LogP contribution in [0.1, 0.15) is 39.5 Å². The Morgan fingerprint density at radius 2 is 1.40 bits per heavy atom. The van der Waals surface area contributed by atoms with Gasteiger partial charge in [0.2, 0.25) is 23.6 Å². The Kier molecular flexibility index (Phi) is 11.7. The number of carboxylic acids is 2. The summed E-state index contributed by atoms with van der Waals surface area (Å²) in [6, 6.07) is -4.12. The summed E-state index contributed by atoms with van der Waals surface area (Å²) in [6.07, 6.45) is -1.36. The quantitative estimate of drug-likeness (QED) is 0.151. The molecule has 13 nitrogen and oxygen atoms in total. The maximum atomic E-state index is 12.6. The third-order valence-electron chi connectivity index (χ3n) is 3.84. The molecule has 0 rings (SSSR count). The molecule has 0 fully saturated rings. The molecular formula is C17H29N5O8. The minimum Gasteiger partial charge on any atom is -0.481 e. The van der Waals surface area contributed by atoms with E-state index in [0.717, 1.165) is 0 Å². The van der Waals surface area contributed by atoms with E-state index in [1.165, 1.54) is 0 Å². The topological polar surface area (TPSA) is 231 Å². The number of primary amides is 1. The van der Waals surface area contributed by atoms with E-state index in [9.17, 15) is 28.8 Å². The van der Waals surface area contributed by atoms with Crippen molar-refractivity contribution in [2.75, 3.05) is 6.54 Å². The molecule has 9 N–H and O–H groups in total. The maximum absolute atomic E-state index is 12.6. The Hall–Kier alpha value is -3.22. The number of hydrogen-bond acceptors (Lipinski definition) is 7. The van der Waals surface area contributed by atoms with Gasteiger partial charge in [-0.05, 0) is 18.8 Å². The molecule has 4 amide bonds. The smallest absolute Gasteiger partial charge is 0.326 e. The lowest BCUT2D eigenvalue weighted by atomic mass is 10.0. The van der Waals surface area contributed by atoms with Crippen LogP contribution < -0.4 is 27.4 Å². The van der Waals surface area contributed by atoms with E-state index >= 15 is 0 Å². The van der Waals surface area contributed by atoms with E-state index in [-0.39, 0.29) is 18.9 Å². The zero-order valence-electron chi connectivity index (χ0n) is 16.8. The SMILES string of the molecule is CC(C)CC(NC(=O)CN)C(=O)NC(CC(N)=O)C(=O)NC(CCC(=O)O)C(=O)O. The molecule has 3 unspecified atom stereocenters. The van der Waals surface area contributed by atoms with Crippen LogP contribution in [0.2, 0.25) is 0 Å². The van der Waals surface area contributed by atoms with Gasteiger partial charge in [0.1, 0.15) is 18.1 Å². The molecule has 0 heterocycles. The molecule has 0 aromatic heterocycles. The molecule has 0 aliphatic heterocycles. The van der Waals surface area contributed by atoms with E-state index < -0.39 is 73.0 Å². The highest BCUT2D eigenvalue weighted by Gasteiger charge is 2.30. The summed E-state index contributed by atoms with van der Waals surface area (Å²) in [6.45, 7) is 3.22. The van der Waals surface area contributed by atoms with Gasteiger partial charge in [0.15, 0.2) is 0 Å². The summed E-state index contributed by atoms with van der Waals surface area (Å²) in [5.74, 6) is -6.13. The van der Waals surface area contributed by atoms with Crippen molar-refractivity contribution in [2.45, 2.75) is 57.7 Å². The molecule has 13 heteroatoms. The second-order valence-electron chi connectivity index (χ2n) is 7.02. The van der Waals surface area contributed by atoms with Crippen molar-refractivity contribution in [3.63, 3.8) is 0 Å². The number of aliphatic carboxylic acids is 2. The number of amides is 4. The Balaban J connectivity index is 5.38. The molecular weight excluding hydrogens is 402 g/mol. The number of nitrogens with two attached hydrogens (primary N) is 2. The number of hydrogen-bond donors (Lipinski definition) is 7. The molecule has 0 aliphatic carbocycles. The Morgan fingerprint density at radius 1 is 0.867 bits per heavy atom. The second-order valence-corrected chi connectivity index (χ2v) is 7.02. The fourth-order valence-electron chi connectivity index (χ4n) is 2.44. The van der Waals surface area contributed by atoms with Crippen molar-refractivity contribution in [1.82, 2.24) is 16.0 Å². The molecule has 0 aromatic rings. The fraction of sp³-hybridized carbons (Fsp3) is 0.647. The van der Waals surface area contributed by atoms with Crippen molar-refractivity contribution < 1.29 is 39.0 Å². The van der Waals surface area contributed by atoms with Crippen LogP contribution in [0.15, 0.2) is 0 Å². The predicted molar refractivity (Wildman–Crippen MR) is 103 cm³/mol. The van der Waals surface area contributed by atoms with Crippen LogP contribution in [0, 0.1) is 5.92 Å². The van der Waals surface area contributed by atoms with Crippen LogP contribution in [0.5, 0.6) is 0 Å². The van der Waals surface area contributed by atoms with Gasteiger partial charge in [-0.25, -0.2) is 4.79 Å². The van der Waals surface area contributed by atoms with Crippen LogP contribution in [0.4, 0.5) is 0 Å². The number of nitrogens with one attached hydrogen (secondary N) is 3. The van der Waals surface area contributed by atoms with Crippen LogP contribution in [0.25, 0.3) is 0 Å². The molecule has 0 aliphatic rings. The third kappa shape index (κ3) is 10.9. The lowest BCUT2D eigenvalue weighted by Crippen LogP contribution is -2.57. The highest BCUT2D eigenvalue weighted by Crippen LogP contribution is 2.07. The first-order chi connectivity index (χ1) is 13.9. The molecule has 170 valence electrons. The summed E-state index contributed by atoms with van der Waals surface area (Å²) in [5, 5.41) is 24.6. The van der Waals surface area contributed by atoms with Gasteiger partial charge in [-0.1, -0.05) is 13.8 Å². The van der Waals surface area contributed by atoms with Crippen LogP contribution in [-0.4, -0.2) is 70.5 Å². The van der Waals surface area contributed by atoms with Gasteiger partial charge in [0.05, 0.1) is 13.0 Å². The molecule has 0 saturated heterocycles. The molecule has 0 radical (unpaired) electrons. The van der Waals surface area contributed by atoms with E-state index in [1.54, 1.807) is 13.8 Å². The third-order valence-corrected chi connectivity index (χ3v) is 3.84. The standard InChI is InChI=1S/C17H29N5O8/c1-8(2)5-10(20-13(24)7-18)15(27)22-11(6-12(19)23)16(28)21-9(17(29)30)3-4-14(25)26/h8-11H,3-7,18H2,1-2H3,(H2,19,23)(H,20,24)(H,21,28)(H,22,27)(H,25,26)(H,29,30). The Bertz CT molecular complexity index is 667. The van der Waals surface area contributed by atoms with Crippen LogP contribution >= 0.6 is 0 Å². The first-order valence-corrected chi connectivity index (χ1v) is 9.20. The zero-order valence-corrected chi connectivity index (χ0v) is 16.8. The monoisotopic (exact) mass is 431 g/mol. The largest absolute Gasteiger partial charge is 0.481 e. The van der Waals surface area contributed by atoms with Crippen molar-refractivity contribution in [2.24, 2.45) is 17.4 Å². The van der Waals surface area contributed by atoms with Gasteiger partial charge in [-0.3, -0.25) is 24.0 Å². The van der Waals surface area contributed by atoms with Gasteiger partial charge in [-0.15, -0.1) is 0 Å². The highest BCUT2D eigenvalue weighted by molar-refractivity contribution is 5.95. The van der Waals surface area contributed by atoms with Gasteiger partial charge >= 0.3 is 11.9 Å². The normalized spacial score (nSPS) is 13.6. The van der Waals surface area contributed by atoms with E-state index in [4.69, 9.17) is 21.7 Å². The molecule has 0 saturated carbocycles. The van der Waals surface area contributed by atoms with Gasteiger partial charge in [0, 0.05) is 6.42 Å². The van der Waals surface area contributed by atoms with Crippen molar-refractivity contribution in [3.8, 4) is 0 Å². The lowest BCUT2D eigenvalue weighted by molar-refractivity contribution is -0.143. The summed E-state index contributed by atoms with van der Waals surface area (Å²) in [4.78, 5) is 69.8. The van der Waals surface area contributed by atoms with Crippen molar-refractivity contribution >= 4 is 35.6 Å². The first-order valence-electron chi connectivity index (χ1n) is 9.20. The average molecular weight is 431 g/mol. The minimum absolute atomic E-state index is 0.0188. The summed E-state index contributed by atoms with van der Waals surface area (Å²) in [7, 11) is 0. The van der Waals surface area contributed by atoms with E-state index in [0.29, 0.717) is 0 Å². The summed E-state index contributed by atoms with van der Waals surface area (Å²) >= 11 is 0. The zero-order chi connectivity index (χ0) is 23.4. The number of carbonyl (C=O) groups is 6. The van der Waals surface area contributed by atoms with Gasteiger partial charge in [-0.2, -0.15) is 0 Å².